The third-order valence-corrected chi connectivity index (χ3v) is 7.95. The normalized spacial score (nSPS) is 16.5. The second-order valence-electron chi connectivity index (χ2n) is 9.62. The van der Waals surface area contributed by atoms with Crippen molar-refractivity contribution in [1.82, 2.24) is 10.2 Å². The molecule has 1 fully saturated rings. The number of hydrogen-bond donors (Lipinski definition) is 1. The van der Waals surface area contributed by atoms with E-state index in [0.717, 1.165) is 41.8 Å². The molecule has 2 aromatic rings. The predicted octanol–water partition coefficient (Wildman–Crippen LogP) is 3.09. The summed E-state index contributed by atoms with van der Waals surface area (Å²) in [5.41, 5.74) is 1.14. The lowest BCUT2D eigenvalue weighted by Gasteiger charge is -2.33. The standard InChI is InChI=1S/C27H35N3O6S/c1-20(27(32)28-22-11-7-4-8-12-22)29(18-21-9-5-3-6-10-21)26(31)19-30(37(2,33)34)23-13-14-24-25(17-23)36-16-15-35-24/h3,5-6,9-10,13-14,17,20,22H,4,7-8,11-12,15-16,18-19H2,1-2H3,(H,28,32)/t20-/m0/s1. The quantitative estimate of drug-likeness (QED) is 0.535. The summed E-state index contributed by atoms with van der Waals surface area (Å²) >= 11 is 0. The number of amides is 2. The molecule has 10 heteroatoms. The Balaban J connectivity index is 1.57. The molecule has 0 aromatic heterocycles. The van der Waals surface area contributed by atoms with E-state index >= 15 is 0 Å². The molecule has 1 atom stereocenters. The van der Waals surface area contributed by atoms with Gasteiger partial charge in [-0.05, 0) is 37.5 Å². The molecule has 1 saturated carbocycles. The molecule has 1 heterocycles. The zero-order valence-corrected chi connectivity index (χ0v) is 22.2. The average molecular weight is 530 g/mol. The van der Waals surface area contributed by atoms with Gasteiger partial charge in [0.1, 0.15) is 25.8 Å². The van der Waals surface area contributed by atoms with Crippen molar-refractivity contribution in [2.24, 2.45) is 0 Å². The second kappa shape index (κ2) is 11.9. The Morgan fingerprint density at radius 3 is 2.35 bits per heavy atom. The fourth-order valence-corrected chi connectivity index (χ4v) is 5.57. The molecule has 2 amide bonds. The molecule has 0 radical (unpaired) electrons. The maximum absolute atomic E-state index is 13.7. The van der Waals surface area contributed by atoms with Crippen molar-refractivity contribution in [3.05, 3.63) is 54.1 Å². The summed E-state index contributed by atoms with van der Waals surface area (Å²) in [7, 11) is -3.83. The Labute approximate surface area is 218 Å². The monoisotopic (exact) mass is 529 g/mol. The number of fused-ring (bicyclic) bond motifs is 1. The topological polar surface area (TPSA) is 105 Å². The number of hydrogen-bond acceptors (Lipinski definition) is 6. The smallest absolute Gasteiger partial charge is 0.244 e. The second-order valence-corrected chi connectivity index (χ2v) is 11.5. The molecule has 4 rings (SSSR count). The van der Waals surface area contributed by atoms with E-state index in [9.17, 15) is 18.0 Å². The van der Waals surface area contributed by atoms with Gasteiger partial charge in [-0.15, -0.1) is 0 Å². The maximum Gasteiger partial charge on any atom is 0.244 e. The number of sulfonamides is 1. The minimum atomic E-state index is -3.83. The van der Waals surface area contributed by atoms with Gasteiger partial charge >= 0.3 is 0 Å². The van der Waals surface area contributed by atoms with Crippen LogP contribution in [0.3, 0.4) is 0 Å². The number of carbonyl (C=O) groups is 2. The van der Waals surface area contributed by atoms with E-state index in [4.69, 9.17) is 9.47 Å². The molecule has 0 unspecified atom stereocenters. The van der Waals surface area contributed by atoms with Crippen LogP contribution < -0.4 is 19.1 Å². The van der Waals surface area contributed by atoms with Crippen LogP contribution in [-0.2, 0) is 26.2 Å². The highest BCUT2D eigenvalue weighted by Gasteiger charge is 2.31. The zero-order chi connectivity index (χ0) is 26.4. The molecular weight excluding hydrogens is 494 g/mol. The highest BCUT2D eigenvalue weighted by atomic mass is 32.2. The lowest BCUT2D eigenvalue weighted by atomic mass is 9.95. The minimum Gasteiger partial charge on any atom is -0.486 e. The summed E-state index contributed by atoms with van der Waals surface area (Å²) < 4.78 is 37.8. The third-order valence-electron chi connectivity index (χ3n) is 6.81. The van der Waals surface area contributed by atoms with Gasteiger partial charge in [-0.2, -0.15) is 0 Å². The van der Waals surface area contributed by atoms with Gasteiger partial charge in [0.05, 0.1) is 11.9 Å². The number of carbonyl (C=O) groups excluding carboxylic acids is 2. The van der Waals surface area contributed by atoms with Gasteiger partial charge < -0.3 is 19.7 Å². The number of ether oxygens (including phenoxy) is 2. The van der Waals surface area contributed by atoms with Crippen LogP contribution in [0.1, 0.15) is 44.6 Å². The molecule has 0 bridgehead atoms. The molecule has 1 aliphatic heterocycles. The Morgan fingerprint density at radius 1 is 1.00 bits per heavy atom. The molecule has 1 N–H and O–H groups in total. The first-order chi connectivity index (χ1) is 17.7. The molecule has 2 aromatic carbocycles. The molecule has 9 nitrogen and oxygen atoms in total. The Bertz CT molecular complexity index is 1200. The summed E-state index contributed by atoms with van der Waals surface area (Å²) in [6.07, 6.45) is 6.23. The van der Waals surface area contributed by atoms with Crippen LogP contribution in [0.25, 0.3) is 0 Å². The van der Waals surface area contributed by atoms with Crippen molar-refractivity contribution in [2.75, 3.05) is 30.3 Å². The van der Waals surface area contributed by atoms with Gasteiger partial charge in [0.2, 0.25) is 21.8 Å². The van der Waals surface area contributed by atoms with Gasteiger partial charge in [0, 0.05) is 18.7 Å². The van der Waals surface area contributed by atoms with Crippen LogP contribution in [0.2, 0.25) is 0 Å². The summed E-state index contributed by atoms with van der Waals surface area (Å²) in [6.45, 7) is 2.18. The van der Waals surface area contributed by atoms with Crippen LogP contribution in [0.4, 0.5) is 5.69 Å². The number of rotatable bonds is 9. The SMILES string of the molecule is C[C@@H](C(=O)NC1CCCCC1)N(Cc1ccccc1)C(=O)CN(c1ccc2c(c1)OCCO2)S(C)(=O)=O. The summed E-state index contributed by atoms with van der Waals surface area (Å²) in [4.78, 5) is 28.3. The van der Waals surface area contributed by atoms with Gasteiger partial charge in [0.25, 0.3) is 0 Å². The van der Waals surface area contributed by atoms with E-state index < -0.39 is 28.5 Å². The predicted molar refractivity (Wildman–Crippen MR) is 141 cm³/mol. The summed E-state index contributed by atoms with van der Waals surface area (Å²) in [6, 6.07) is 13.5. The van der Waals surface area contributed by atoms with E-state index in [1.807, 2.05) is 30.3 Å². The van der Waals surface area contributed by atoms with Gasteiger partial charge in [-0.25, -0.2) is 8.42 Å². The van der Waals surface area contributed by atoms with Crippen LogP contribution >= 0.6 is 0 Å². The van der Waals surface area contributed by atoms with Crippen molar-refractivity contribution in [1.29, 1.82) is 0 Å². The van der Waals surface area contributed by atoms with Crippen molar-refractivity contribution in [2.45, 2.75) is 57.7 Å². The van der Waals surface area contributed by atoms with E-state index in [1.165, 1.54) is 11.3 Å². The summed E-state index contributed by atoms with van der Waals surface area (Å²) in [5.74, 6) is 0.233. The number of nitrogens with one attached hydrogen (secondary N) is 1. The number of benzene rings is 2. The first-order valence-electron chi connectivity index (χ1n) is 12.7. The minimum absolute atomic E-state index is 0.0996. The lowest BCUT2D eigenvalue weighted by Crippen LogP contribution is -2.52. The van der Waals surface area contributed by atoms with E-state index in [1.54, 1.807) is 25.1 Å². The highest BCUT2D eigenvalue weighted by Crippen LogP contribution is 2.34. The molecule has 2 aliphatic rings. The van der Waals surface area contributed by atoms with Crippen LogP contribution in [0, 0.1) is 0 Å². The van der Waals surface area contributed by atoms with Crippen molar-refractivity contribution < 1.29 is 27.5 Å². The average Bonchev–Trinajstić information content (AvgIpc) is 2.90. The van der Waals surface area contributed by atoms with E-state index in [0.29, 0.717) is 30.4 Å². The van der Waals surface area contributed by atoms with E-state index in [-0.39, 0.29) is 18.5 Å². The molecular formula is C27H35N3O6S. The highest BCUT2D eigenvalue weighted by molar-refractivity contribution is 7.92. The van der Waals surface area contributed by atoms with Crippen molar-refractivity contribution in [3.63, 3.8) is 0 Å². The van der Waals surface area contributed by atoms with Crippen molar-refractivity contribution >= 4 is 27.5 Å². The lowest BCUT2D eigenvalue weighted by molar-refractivity contribution is -0.139. The Kier molecular flexibility index (Phi) is 8.58. The van der Waals surface area contributed by atoms with Crippen LogP contribution in [0.5, 0.6) is 11.5 Å². The first-order valence-corrected chi connectivity index (χ1v) is 14.6. The van der Waals surface area contributed by atoms with Gasteiger partial charge in [-0.3, -0.25) is 13.9 Å². The fourth-order valence-electron chi connectivity index (χ4n) is 4.73. The Hall–Kier alpha value is -3.27. The van der Waals surface area contributed by atoms with E-state index in [2.05, 4.69) is 5.32 Å². The molecule has 37 heavy (non-hydrogen) atoms. The Morgan fingerprint density at radius 2 is 1.68 bits per heavy atom. The molecule has 0 spiro atoms. The van der Waals surface area contributed by atoms with Crippen molar-refractivity contribution in [3.8, 4) is 11.5 Å². The maximum atomic E-state index is 13.7. The largest absolute Gasteiger partial charge is 0.486 e. The van der Waals surface area contributed by atoms with Gasteiger partial charge in [-0.1, -0.05) is 49.6 Å². The first kappa shape index (κ1) is 26.8. The number of nitrogens with zero attached hydrogens (tertiary/aromatic N) is 2. The zero-order valence-electron chi connectivity index (χ0n) is 21.4. The van der Waals surface area contributed by atoms with Crippen LogP contribution in [-0.4, -0.2) is 63.2 Å². The fraction of sp³-hybridized carbons (Fsp3) is 0.481. The molecule has 0 saturated heterocycles. The summed E-state index contributed by atoms with van der Waals surface area (Å²) in [5, 5.41) is 3.09. The third kappa shape index (κ3) is 6.94. The molecule has 200 valence electrons. The van der Waals surface area contributed by atoms with Crippen LogP contribution in [0.15, 0.2) is 48.5 Å². The molecule has 1 aliphatic carbocycles. The van der Waals surface area contributed by atoms with Gasteiger partial charge in [0.15, 0.2) is 11.5 Å². The number of anilines is 1.